The van der Waals surface area contributed by atoms with Gasteiger partial charge in [-0.25, -0.2) is 0 Å². The topological polar surface area (TPSA) is 83.6 Å². The van der Waals surface area contributed by atoms with Gasteiger partial charge in [-0.3, -0.25) is 4.57 Å². The van der Waals surface area contributed by atoms with E-state index in [0.717, 1.165) is 5.56 Å². The molecule has 1 fully saturated rings. The number of hydrogen-bond donors (Lipinski definition) is 3. The largest absolute Gasteiger partial charge is 0.330 e. The zero-order valence-electron chi connectivity index (χ0n) is 7.45. The van der Waals surface area contributed by atoms with Gasteiger partial charge in [0, 0.05) is 12.0 Å². The van der Waals surface area contributed by atoms with E-state index in [1.54, 1.807) is 0 Å². The Labute approximate surface area is 81.9 Å². The Morgan fingerprint density at radius 3 is 2.21 bits per heavy atom. The Morgan fingerprint density at radius 2 is 1.79 bits per heavy atom. The van der Waals surface area contributed by atoms with E-state index < -0.39 is 19.3 Å². The van der Waals surface area contributed by atoms with Gasteiger partial charge in [0.15, 0.2) is 0 Å². The molecule has 0 spiro atoms. The van der Waals surface area contributed by atoms with Crippen molar-refractivity contribution in [2.75, 3.05) is 0 Å². The van der Waals surface area contributed by atoms with Crippen molar-refractivity contribution in [3.63, 3.8) is 0 Å². The molecule has 0 bridgehead atoms. The van der Waals surface area contributed by atoms with Gasteiger partial charge in [0.05, 0.1) is 5.66 Å². The minimum Gasteiger partial charge on any atom is -0.326 e. The molecule has 0 radical (unpaired) electrons. The van der Waals surface area contributed by atoms with E-state index in [0.29, 0.717) is 0 Å². The molecule has 0 amide bonds. The summed E-state index contributed by atoms with van der Waals surface area (Å²) in [4.78, 5) is 18.0. The summed E-state index contributed by atoms with van der Waals surface area (Å²) < 4.78 is 11.0. The predicted molar refractivity (Wildman–Crippen MR) is 53.0 cm³/mol. The Kier molecular flexibility index (Phi) is 2.24. The predicted octanol–water partition coefficient (Wildman–Crippen LogP) is 0.657. The molecule has 0 aliphatic heterocycles. The van der Waals surface area contributed by atoms with E-state index in [2.05, 4.69) is 0 Å². The van der Waals surface area contributed by atoms with E-state index in [1.807, 2.05) is 30.3 Å². The fourth-order valence-electron chi connectivity index (χ4n) is 1.85. The van der Waals surface area contributed by atoms with Gasteiger partial charge in [-0.15, -0.1) is 0 Å². The second-order valence-corrected chi connectivity index (χ2v) is 5.37. The summed E-state index contributed by atoms with van der Waals surface area (Å²) in [5.41, 5.74) is 5.86. The molecule has 4 N–H and O–H groups in total. The maximum atomic E-state index is 11.0. The fourth-order valence-corrected chi connectivity index (χ4v) is 3.17. The smallest absolute Gasteiger partial charge is 0.326 e. The van der Waals surface area contributed by atoms with Gasteiger partial charge >= 0.3 is 7.60 Å². The summed E-state index contributed by atoms with van der Waals surface area (Å²) in [7, 11) is -4.03. The van der Waals surface area contributed by atoms with Crippen LogP contribution in [0.1, 0.15) is 11.5 Å². The van der Waals surface area contributed by atoms with Crippen LogP contribution in [0.25, 0.3) is 0 Å². The molecule has 0 saturated heterocycles. The summed E-state index contributed by atoms with van der Waals surface area (Å²) in [6, 6.07) is 8.84. The highest BCUT2D eigenvalue weighted by Crippen LogP contribution is 2.61. The summed E-state index contributed by atoms with van der Waals surface area (Å²) in [6.45, 7) is 0. The molecular weight excluding hydrogens is 201 g/mol. The molecule has 3 atom stereocenters. The van der Waals surface area contributed by atoms with Crippen LogP contribution in [0.5, 0.6) is 0 Å². The first kappa shape index (κ1) is 9.87. The van der Waals surface area contributed by atoms with Crippen LogP contribution in [0.15, 0.2) is 30.3 Å². The molecule has 5 heteroatoms. The standard InChI is InChI=1S/C9H12NO3P/c10-8-7(9(8)14(11,12)13)6-4-2-1-3-5-6/h1-5,7-9H,10H2,(H2,11,12,13)/t7-,8-,9-/m1/s1. The number of hydrogen-bond acceptors (Lipinski definition) is 2. The highest BCUT2D eigenvalue weighted by Gasteiger charge is 2.58. The number of rotatable bonds is 2. The molecule has 1 aliphatic carbocycles. The quantitative estimate of drug-likeness (QED) is 0.630. The molecule has 14 heavy (non-hydrogen) atoms. The second kappa shape index (κ2) is 3.17. The van der Waals surface area contributed by atoms with Crippen LogP contribution in [0.4, 0.5) is 0 Å². The third kappa shape index (κ3) is 1.62. The maximum Gasteiger partial charge on any atom is 0.330 e. The van der Waals surface area contributed by atoms with Gasteiger partial charge in [-0.05, 0) is 5.56 Å². The van der Waals surface area contributed by atoms with Crippen LogP contribution in [0.2, 0.25) is 0 Å². The molecule has 1 saturated carbocycles. The molecule has 1 aliphatic rings. The molecular formula is C9H12NO3P. The third-order valence-electron chi connectivity index (χ3n) is 2.61. The van der Waals surface area contributed by atoms with Crippen molar-refractivity contribution in [1.29, 1.82) is 0 Å². The lowest BCUT2D eigenvalue weighted by Crippen LogP contribution is -2.05. The van der Waals surface area contributed by atoms with Crippen molar-refractivity contribution in [2.24, 2.45) is 5.73 Å². The molecule has 0 unspecified atom stereocenters. The Balaban J connectivity index is 2.22. The van der Waals surface area contributed by atoms with E-state index in [9.17, 15) is 4.57 Å². The number of benzene rings is 1. The molecule has 1 aromatic carbocycles. The first-order valence-electron chi connectivity index (χ1n) is 4.37. The molecule has 1 aromatic rings. The summed E-state index contributed by atoms with van der Waals surface area (Å²) in [6.07, 6.45) is 0. The summed E-state index contributed by atoms with van der Waals surface area (Å²) in [5, 5.41) is 0. The molecule has 4 nitrogen and oxygen atoms in total. The highest BCUT2D eigenvalue weighted by atomic mass is 31.2. The van der Waals surface area contributed by atoms with Gasteiger partial charge in [0.25, 0.3) is 0 Å². The van der Waals surface area contributed by atoms with Crippen LogP contribution in [0, 0.1) is 0 Å². The van der Waals surface area contributed by atoms with Crippen molar-refractivity contribution in [1.82, 2.24) is 0 Å². The lowest BCUT2D eigenvalue weighted by atomic mass is 10.1. The Hall–Kier alpha value is -0.670. The monoisotopic (exact) mass is 213 g/mol. The van der Waals surface area contributed by atoms with Gasteiger partial charge in [-0.1, -0.05) is 30.3 Å². The maximum absolute atomic E-state index is 11.0. The number of nitrogens with two attached hydrogens (primary N) is 1. The van der Waals surface area contributed by atoms with Crippen molar-refractivity contribution in [2.45, 2.75) is 17.6 Å². The van der Waals surface area contributed by atoms with E-state index in [-0.39, 0.29) is 5.92 Å². The van der Waals surface area contributed by atoms with E-state index in [4.69, 9.17) is 15.5 Å². The minimum absolute atomic E-state index is 0.183. The lowest BCUT2D eigenvalue weighted by Gasteiger charge is -2.01. The van der Waals surface area contributed by atoms with Crippen LogP contribution >= 0.6 is 7.60 Å². The van der Waals surface area contributed by atoms with Crippen molar-refractivity contribution >= 4 is 7.60 Å². The van der Waals surface area contributed by atoms with Crippen molar-refractivity contribution in [3.8, 4) is 0 Å². The summed E-state index contributed by atoms with van der Waals surface area (Å²) in [5.74, 6) is -0.183. The van der Waals surface area contributed by atoms with E-state index in [1.165, 1.54) is 0 Å². The van der Waals surface area contributed by atoms with Gasteiger partial charge in [0.2, 0.25) is 0 Å². The van der Waals surface area contributed by atoms with Gasteiger partial charge in [-0.2, -0.15) is 0 Å². The first-order chi connectivity index (χ1) is 6.52. The SMILES string of the molecule is N[C@@H]1[C@@H](c2ccccc2)[C@H]1P(=O)(O)O. The van der Waals surface area contributed by atoms with Gasteiger partial charge < -0.3 is 15.5 Å². The van der Waals surface area contributed by atoms with Crippen LogP contribution in [-0.2, 0) is 4.57 Å². The normalized spacial score (nSPS) is 31.5. The minimum atomic E-state index is -4.03. The average molecular weight is 213 g/mol. The molecule has 0 heterocycles. The molecule has 2 rings (SSSR count). The van der Waals surface area contributed by atoms with E-state index >= 15 is 0 Å². The highest BCUT2D eigenvalue weighted by molar-refractivity contribution is 7.53. The zero-order valence-corrected chi connectivity index (χ0v) is 8.34. The average Bonchev–Trinajstić information content (AvgIpc) is 2.78. The first-order valence-corrected chi connectivity index (χ1v) is 6.06. The fraction of sp³-hybridized carbons (Fsp3) is 0.333. The Bertz CT molecular complexity index is 375. The summed E-state index contributed by atoms with van der Waals surface area (Å²) >= 11 is 0. The lowest BCUT2D eigenvalue weighted by molar-refractivity contribution is 0.370. The zero-order chi connectivity index (χ0) is 10.3. The van der Waals surface area contributed by atoms with Crippen molar-refractivity contribution < 1.29 is 14.4 Å². The Morgan fingerprint density at radius 1 is 1.21 bits per heavy atom. The van der Waals surface area contributed by atoms with Crippen LogP contribution in [-0.4, -0.2) is 21.5 Å². The second-order valence-electron chi connectivity index (χ2n) is 3.59. The van der Waals surface area contributed by atoms with Crippen LogP contribution in [0.3, 0.4) is 0 Å². The van der Waals surface area contributed by atoms with Crippen LogP contribution < -0.4 is 5.73 Å². The molecule has 76 valence electrons. The van der Waals surface area contributed by atoms with Gasteiger partial charge in [0.1, 0.15) is 0 Å². The van der Waals surface area contributed by atoms with Crippen molar-refractivity contribution in [3.05, 3.63) is 35.9 Å². The molecule has 0 aromatic heterocycles. The third-order valence-corrected chi connectivity index (χ3v) is 4.05.